The van der Waals surface area contributed by atoms with Gasteiger partial charge in [-0.15, -0.1) is 0 Å². The molecule has 0 aliphatic rings. The Labute approximate surface area is 85.9 Å². The number of ether oxygens (including phenoxy) is 1. The van der Waals surface area contributed by atoms with Crippen molar-refractivity contribution in [3.05, 3.63) is 0 Å². The molecule has 0 unspecified atom stereocenters. The van der Waals surface area contributed by atoms with Gasteiger partial charge in [0, 0.05) is 19.7 Å². The third kappa shape index (κ3) is 4.07. The van der Waals surface area contributed by atoms with Gasteiger partial charge in [0.2, 0.25) is 0 Å². The topological polar surface area (TPSA) is 49.8 Å². The Bertz CT molecular complexity index is 184. The van der Waals surface area contributed by atoms with E-state index < -0.39 is 5.60 Å². The van der Waals surface area contributed by atoms with Crippen LogP contribution >= 0.6 is 0 Å². The summed E-state index contributed by atoms with van der Waals surface area (Å²) in [7, 11) is 1.59. The molecule has 14 heavy (non-hydrogen) atoms. The van der Waals surface area contributed by atoms with E-state index in [4.69, 9.17) is 4.74 Å². The van der Waals surface area contributed by atoms with Gasteiger partial charge in [0.05, 0.1) is 6.61 Å². The van der Waals surface area contributed by atoms with Crippen LogP contribution in [0.4, 0.5) is 0 Å². The summed E-state index contributed by atoms with van der Waals surface area (Å²) in [4.78, 5) is 13.3. The minimum Gasteiger partial charge on any atom is -0.383 e. The molecule has 0 saturated carbocycles. The molecule has 0 heterocycles. The zero-order chi connectivity index (χ0) is 11.4. The van der Waals surface area contributed by atoms with Crippen LogP contribution in [0.25, 0.3) is 0 Å². The van der Waals surface area contributed by atoms with Crippen molar-refractivity contribution in [2.75, 3.05) is 20.3 Å². The van der Waals surface area contributed by atoms with Crippen LogP contribution in [0.15, 0.2) is 0 Å². The highest BCUT2D eigenvalue weighted by Gasteiger charge is 2.30. The fourth-order valence-electron chi connectivity index (χ4n) is 1.14. The molecule has 4 heteroatoms. The van der Waals surface area contributed by atoms with E-state index in [1.54, 1.807) is 12.0 Å². The quantitative estimate of drug-likeness (QED) is 0.713. The first-order valence-electron chi connectivity index (χ1n) is 4.83. The number of methoxy groups -OCH3 is 1. The number of aliphatic hydroxyl groups is 1. The Hall–Kier alpha value is -0.610. The molecule has 0 aromatic heterocycles. The van der Waals surface area contributed by atoms with Gasteiger partial charge in [-0.3, -0.25) is 4.79 Å². The van der Waals surface area contributed by atoms with Crippen molar-refractivity contribution in [2.45, 2.75) is 39.3 Å². The number of nitrogens with zero attached hydrogens (tertiary/aromatic N) is 1. The van der Waals surface area contributed by atoms with Gasteiger partial charge in [-0.25, -0.2) is 0 Å². The Morgan fingerprint density at radius 2 is 2.00 bits per heavy atom. The number of carbonyl (C=O) groups is 1. The molecule has 0 aliphatic heterocycles. The standard InChI is InChI=1S/C10H21NO3/c1-8(2)11(6-7-14-5)9(12)10(3,4)13/h8,13H,6-7H2,1-5H3. The van der Waals surface area contributed by atoms with Crippen LogP contribution in [0, 0.1) is 0 Å². The van der Waals surface area contributed by atoms with Gasteiger partial charge in [-0.1, -0.05) is 0 Å². The molecule has 1 amide bonds. The lowest BCUT2D eigenvalue weighted by atomic mass is 10.1. The molecule has 4 nitrogen and oxygen atoms in total. The summed E-state index contributed by atoms with van der Waals surface area (Å²) in [6.07, 6.45) is 0. The first kappa shape index (κ1) is 13.4. The number of hydrogen-bond donors (Lipinski definition) is 1. The Kier molecular flexibility index (Phi) is 5.08. The molecule has 0 aliphatic carbocycles. The maximum absolute atomic E-state index is 11.7. The van der Waals surface area contributed by atoms with Crippen molar-refractivity contribution in [2.24, 2.45) is 0 Å². The van der Waals surface area contributed by atoms with Gasteiger partial charge < -0.3 is 14.7 Å². The highest BCUT2D eigenvalue weighted by atomic mass is 16.5. The van der Waals surface area contributed by atoms with Gasteiger partial charge in [-0.05, 0) is 27.7 Å². The third-order valence-corrected chi connectivity index (χ3v) is 1.94. The van der Waals surface area contributed by atoms with E-state index >= 15 is 0 Å². The van der Waals surface area contributed by atoms with Crippen LogP contribution in [-0.2, 0) is 9.53 Å². The summed E-state index contributed by atoms with van der Waals surface area (Å²) in [6.45, 7) is 7.82. The zero-order valence-electron chi connectivity index (χ0n) is 9.70. The van der Waals surface area contributed by atoms with Crippen molar-refractivity contribution in [3.63, 3.8) is 0 Å². The summed E-state index contributed by atoms with van der Waals surface area (Å²) in [6, 6.07) is 0.0732. The van der Waals surface area contributed by atoms with Crippen molar-refractivity contribution in [1.82, 2.24) is 4.90 Å². The van der Waals surface area contributed by atoms with E-state index in [0.717, 1.165) is 0 Å². The maximum Gasteiger partial charge on any atom is 0.254 e. The SMILES string of the molecule is COCCN(C(=O)C(C)(C)O)C(C)C. The van der Waals surface area contributed by atoms with Crippen LogP contribution in [0.1, 0.15) is 27.7 Å². The predicted octanol–water partition coefficient (Wildman–Crippen LogP) is 0.641. The average molecular weight is 203 g/mol. The molecule has 84 valence electrons. The second kappa shape index (κ2) is 5.32. The van der Waals surface area contributed by atoms with Gasteiger partial charge in [-0.2, -0.15) is 0 Å². The van der Waals surface area contributed by atoms with E-state index in [1.165, 1.54) is 13.8 Å². The van der Waals surface area contributed by atoms with Crippen LogP contribution in [0.3, 0.4) is 0 Å². The van der Waals surface area contributed by atoms with Gasteiger partial charge >= 0.3 is 0 Å². The van der Waals surface area contributed by atoms with E-state index in [9.17, 15) is 9.90 Å². The number of rotatable bonds is 5. The normalized spacial score (nSPS) is 11.9. The van der Waals surface area contributed by atoms with Crippen LogP contribution in [-0.4, -0.2) is 47.8 Å². The lowest BCUT2D eigenvalue weighted by Crippen LogP contribution is -2.49. The van der Waals surface area contributed by atoms with Crippen molar-refractivity contribution >= 4 is 5.91 Å². The second-order valence-corrected chi connectivity index (χ2v) is 4.14. The fraction of sp³-hybridized carbons (Fsp3) is 0.900. The second-order valence-electron chi connectivity index (χ2n) is 4.14. The molecule has 0 radical (unpaired) electrons. The Balaban J connectivity index is 4.42. The third-order valence-electron chi connectivity index (χ3n) is 1.94. The summed E-state index contributed by atoms with van der Waals surface area (Å²) in [5, 5.41) is 9.57. The van der Waals surface area contributed by atoms with Crippen LogP contribution in [0.5, 0.6) is 0 Å². The zero-order valence-corrected chi connectivity index (χ0v) is 9.70. The predicted molar refractivity (Wildman–Crippen MR) is 55.0 cm³/mol. The minimum atomic E-state index is -1.31. The minimum absolute atomic E-state index is 0.0732. The summed E-state index contributed by atoms with van der Waals surface area (Å²) < 4.78 is 4.91. The smallest absolute Gasteiger partial charge is 0.254 e. The largest absolute Gasteiger partial charge is 0.383 e. The monoisotopic (exact) mass is 203 g/mol. The Morgan fingerprint density at radius 3 is 2.29 bits per heavy atom. The molecule has 0 atom stereocenters. The summed E-state index contributed by atoms with van der Waals surface area (Å²) in [5.74, 6) is -0.260. The first-order chi connectivity index (χ1) is 6.30. The fourth-order valence-corrected chi connectivity index (χ4v) is 1.14. The summed E-state index contributed by atoms with van der Waals surface area (Å²) >= 11 is 0. The Morgan fingerprint density at radius 1 is 1.50 bits per heavy atom. The highest BCUT2D eigenvalue weighted by Crippen LogP contribution is 2.10. The molecular formula is C10H21NO3. The van der Waals surface area contributed by atoms with E-state index in [-0.39, 0.29) is 11.9 Å². The molecular weight excluding hydrogens is 182 g/mol. The van der Waals surface area contributed by atoms with Gasteiger partial charge in [0.1, 0.15) is 5.60 Å². The van der Waals surface area contributed by atoms with E-state index in [2.05, 4.69) is 0 Å². The number of amides is 1. The van der Waals surface area contributed by atoms with E-state index in [0.29, 0.717) is 13.2 Å². The average Bonchev–Trinajstić information content (AvgIpc) is 2.02. The van der Waals surface area contributed by atoms with Gasteiger partial charge in [0.15, 0.2) is 0 Å². The molecule has 0 bridgehead atoms. The van der Waals surface area contributed by atoms with Crippen molar-refractivity contribution < 1.29 is 14.6 Å². The van der Waals surface area contributed by atoms with E-state index in [1.807, 2.05) is 13.8 Å². The molecule has 1 N–H and O–H groups in total. The van der Waals surface area contributed by atoms with Crippen molar-refractivity contribution in [1.29, 1.82) is 0 Å². The lowest BCUT2D eigenvalue weighted by molar-refractivity contribution is -0.150. The van der Waals surface area contributed by atoms with Gasteiger partial charge in [0.25, 0.3) is 5.91 Å². The number of hydrogen-bond acceptors (Lipinski definition) is 3. The van der Waals surface area contributed by atoms with Crippen LogP contribution < -0.4 is 0 Å². The highest BCUT2D eigenvalue weighted by molar-refractivity contribution is 5.84. The van der Waals surface area contributed by atoms with Crippen LogP contribution in [0.2, 0.25) is 0 Å². The maximum atomic E-state index is 11.7. The summed E-state index contributed by atoms with van der Waals surface area (Å²) in [5.41, 5.74) is -1.31. The first-order valence-corrected chi connectivity index (χ1v) is 4.83. The lowest BCUT2D eigenvalue weighted by Gasteiger charge is -2.31. The number of carbonyl (C=O) groups excluding carboxylic acids is 1. The van der Waals surface area contributed by atoms with Crippen molar-refractivity contribution in [3.8, 4) is 0 Å². The molecule has 0 rings (SSSR count). The molecule has 0 aromatic rings. The molecule has 0 fully saturated rings. The molecule has 0 aromatic carbocycles. The molecule has 0 saturated heterocycles. The molecule has 0 spiro atoms.